The number of benzene rings is 1. The lowest BCUT2D eigenvalue weighted by Crippen LogP contribution is -2.42. The van der Waals surface area contributed by atoms with Gasteiger partial charge in [0.15, 0.2) is 0 Å². The van der Waals surface area contributed by atoms with Crippen molar-refractivity contribution in [1.29, 1.82) is 0 Å². The van der Waals surface area contributed by atoms with Crippen molar-refractivity contribution < 1.29 is 4.74 Å². The van der Waals surface area contributed by atoms with E-state index >= 15 is 0 Å². The minimum atomic E-state index is 0.423. The lowest BCUT2D eigenvalue weighted by molar-refractivity contribution is 0.0334. The second-order valence-corrected chi connectivity index (χ2v) is 5.76. The molecular weight excluding hydrogens is 248 g/mol. The topological polar surface area (TPSA) is 24.5 Å². The molecule has 0 radical (unpaired) electrons. The third-order valence-electron chi connectivity index (χ3n) is 4.12. The van der Waals surface area contributed by atoms with E-state index in [-0.39, 0.29) is 0 Å². The maximum absolute atomic E-state index is 5.44. The largest absolute Gasteiger partial charge is 0.379 e. The van der Waals surface area contributed by atoms with Crippen molar-refractivity contribution in [2.75, 3.05) is 39.4 Å². The summed E-state index contributed by atoms with van der Waals surface area (Å²) in [7, 11) is 0. The number of aryl methyl sites for hydroxylation is 2. The summed E-state index contributed by atoms with van der Waals surface area (Å²) >= 11 is 0. The molecule has 0 aliphatic carbocycles. The van der Waals surface area contributed by atoms with E-state index in [1.165, 1.54) is 23.1 Å². The van der Waals surface area contributed by atoms with Gasteiger partial charge >= 0.3 is 0 Å². The van der Waals surface area contributed by atoms with Crippen LogP contribution in [0.1, 0.15) is 36.1 Å². The van der Waals surface area contributed by atoms with Gasteiger partial charge in [-0.2, -0.15) is 0 Å². The van der Waals surface area contributed by atoms with Crippen LogP contribution in [0.3, 0.4) is 0 Å². The van der Waals surface area contributed by atoms with Gasteiger partial charge in [0.1, 0.15) is 0 Å². The average Bonchev–Trinajstić information content (AvgIpc) is 2.47. The molecule has 1 fully saturated rings. The molecule has 1 unspecified atom stereocenters. The molecule has 112 valence electrons. The summed E-state index contributed by atoms with van der Waals surface area (Å²) in [5.41, 5.74) is 4.16. The Morgan fingerprint density at radius 2 is 1.95 bits per heavy atom. The van der Waals surface area contributed by atoms with Crippen molar-refractivity contribution in [2.45, 2.75) is 33.2 Å². The van der Waals surface area contributed by atoms with Gasteiger partial charge in [0.05, 0.1) is 13.2 Å². The second kappa shape index (κ2) is 7.77. The number of morpholine rings is 1. The molecule has 0 amide bonds. The van der Waals surface area contributed by atoms with Crippen molar-refractivity contribution in [3.63, 3.8) is 0 Å². The van der Waals surface area contributed by atoms with Crippen LogP contribution >= 0.6 is 0 Å². The normalized spacial score (nSPS) is 18.1. The fourth-order valence-corrected chi connectivity index (χ4v) is 2.63. The van der Waals surface area contributed by atoms with Crippen LogP contribution in [0.25, 0.3) is 0 Å². The van der Waals surface area contributed by atoms with Gasteiger partial charge in [-0.3, -0.25) is 4.90 Å². The summed E-state index contributed by atoms with van der Waals surface area (Å²) in [6, 6.07) is 7.27. The SMILES string of the molecule is CCCNC(CN1CCOCC1)c1ccc(C)c(C)c1. The van der Waals surface area contributed by atoms with Gasteiger partial charge in [0.25, 0.3) is 0 Å². The number of hydrogen-bond acceptors (Lipinski definition) is 3. The number of hydrogen-bond donors (Lipinski definition) is 1. The highest BCUT2D eigenvalue weighted by molar-refractivity contribution is 5.32. The zero-order chi connectivity index (χ0) is 14.4. The zero-order valence-corrected chi connectivity index (χ0v) is 13.1. The van der Waals surface area contributed by atoms with Crippen molar-refractivity contribution in [1.82, 2.24) is 10.2 Å². The molecule has 1 aliphatic rings. The fraction of sp³-hybridized carbons (Fsp3) is 0.647. The van der Waals surface area contributed by atoms with Gasteiger partial charge in [-0.05, 0) is 43.5 Å². The molecule has 1 aliphatic heterocycles. The fourth-order valence-electron chi connectivity index (χ4n) is 2.63. The Bertz CT molecular complexity index is 413. The quantitative estimate of drug-likeness (QED) is 0.864. The van der Waals surface area contributed by atoms with Gasteiger partial charge < -0.3 is 10.1 Å². The number of nitrogens with one attached hydrogen (secondary N) is 1. The minimum Gasteiger partial charge on any atom is -0.379 e. The molecule has 1 aromatic carbocycles. The molecule has 1 heterocycles. The summed E-state index contributed by atoms with van der Waals surface area (Å²) in [5, 5.41) is 3.70. The Morgan fingerprint density at radius 1 is 1.20 bits per heavy atom. The molecule has 0 bridgehead atoms. The van der Waals surface area contributed by atoms with E-state index in [1.54, 1.807) is 0 Å². The highest BCUT2D eigenvalue weighted by atomic mass is 16.5. The predicted molar refractivity (Wildman–Crippen MR) is 84.2 cm³/mol. The molecule has 1 N–H and O–H groups in total. The Morgan fingerprint density at radius 3 is 2.60 bits per heavy atom. The van der Waals surface area contributed by atoms with Crippen LogP contribution in [0.2, 0.25) is 0 Å². The summed E-state index contributed by atoms with van der Waals surface area (Å²) < 4.78 is 5.44. The molecule has 1 atom stereocenters. The minimum absolute atomic E-state index is 0.423. The van der Waals surface area contributed by atoms with E-state index in [0.29, 0.717) is 6.04 Å². The van der Waals surface area contributed by atoms with E-state index in [1.807, 2.05) is 0 Å². The first-order chi connectivity index (χ1) is 9.70. The first-order valence-electron chi connectivity index (χ1n) is 7.81. The Labute approximate surface area is 123 Å². The molecule has 2 rings (SSSR count). The predicted octanol–water partition coefficient (Wildman–Crippen LogP) is 2.68. The van der Waals surface area contributed by atoms with Crippen LogP contribution in [0.5, 0.6) is 0 Å². The zero-order valence-electron chi connectivity index (χ0n) is 13.1. The highest BCUT2D eigenvalue weighted by Gasteiger charge is 2.18. The van der Waals surface area contributed by atoms with Crippen molar-refractivity contribution in [3.8, 4) is 0 Å². The smallest absolute Gasteiger partial charge is 0.0594 e. The van der Waals surface area contributed by atoms with Crippen LogP contribution in [0.4, 0.5) is 0 Å². The Balaban J connectivity index is 2.06. The van der Waals surface area contributed by atoms with Crippen molar-refractivity contribution in [2.24, 2.45) is 0 Å². The number of ether oxygens (including phenoxy) is 1. The van der Waals surface area contributed by atoms with Gasteiger partial charge in [0.2, 0.25) is 0 Å². The van der Waals surface area contributed by atoms with Gasteiger partial charge in [0, 0.05) is 25.7 Å². The van der Waals surface area contributed by atoms with E-state index in [9.17, 15) is 0 Å². The summed E-state index contributed by atoms with van der Waals surface area (Å²) in [4.78, 5) is 2.51. The molecule has 0 spiro atoms. The Kier molecular flexibility index (Phi) is 6.02. The summed E-state index contributed by atoms with van der Waals surface area (Å²) in [5.74, 6) is 0. The molecular formula is C17H28N2O. The van der Waals surface area contributed by atoms with Crippen LogP contribution < -0.4 is 5.32 Å². The standard InChI is InChI=1S/C17H28N2O/c1-4-7-18-17(13-19-8-10-20-11-9-19)16-6-5-14(2)15(3)12-16/h5-6,12,17-18H,4,7-11,13H2,1-3H3. The third-order valence-corrected chi connectivity index (χ3v) is 4.12. The monoisotopic (exact) mass is 276 g/mol. The lowest BCUT2D eigenvalue weighted by atomic mass is 10.0. The summed E-state index contributed by atoms with van der Waals surface area (Å²) in [6.45, 7) is 12.6. The van der Waals surface area contributed by atoms with E-state index < -0.39 is 0 Å². The molecule has 20 heavy (non-hydrogen) atoms. The van der Waals surface area contributed by atoms with Crippen LogP contribution in [0, 0.1) is 13.8 Å². The number of nitrogens with zero attached hydrogens (tertiary/aromatic N) is 1. The molecule has 3 nitrogen and oxygen atoms in total. The molecule has 0 saturated carbocycles. The van der Waals surface area contributed by atoms with E-state index in [0.717, 1.165) is 39.4 Å². The molecule has 0 aromatic heterocycles. The lowest BCUT2D eigenvalue weighted by Gasteiger charge is -2.31. The first kappa shape index (κ1) is 15.5. The Hall–Kier alpha value is -0.900. The second-order valence-electron chi connectivity index (χ2n) is 5.76. The molecule has 3 heteroatoms. The van der Waals surface area contributed by atoms with Crippen LogP contribution in [-0.2, 0) is 4.74 Å². The maximum Gasteiger partial charge on any atom is 0.0594 e. The van der Waals surface area contributed by atoms with Gasteiger partial charge in [-0.1, -0.05) is 25.1 Å². The van der Waals surface area contributed by atoms with Crippen molar-refractivity contribution in [3.05, 3.63) is 34.9 Å². The van der Waals surface area contributed by atoms with E-state index in [4.69, 9.17) is 4.74 Å². The average molecular weight is 276 g/mol. The van der Waals surface area contributed by atoms with Crippen LogP contribution in [0.15, 0.2) is 18.2 Å². The van der Waals surface area contributed by atoms with Crippen molar-refractivity contribution >= 4 is 0 Å². The van der Waals surface area contributed by atoms with E-state index in [2.05, 4.69) is 49.2 Å². The molecule has 1 aromatic rings. The van der Waals surface area contributed by atoms with Gasteiger partial charge in [-0.15, -0.1) is 0 Å². The highest BCUT2D eigenvalue weighted by Crippen LogP contribution is 2.19. The van der Waals surface area contributed by atoms with Gasteiger partial charge in [-0.25, -0.2) is 0 Å². The first-order valence-corrected chi connectivity index (χ1v) is 7.81. The number of rotatable bonds is 6. The summed E-state index contributed by atoms with van der Waals surface area (Å²) in [6.07, 6.45) is 1.17. The maximum atomic E-state index is 5.44. The third kappa shape index (κ3) is 4.30. The van der Waals surface area contributed by atoms with Crippen LogP contribution in [-0.4, -0.2) is 44.3 Å². The molecule has 1 saturated heterocycles.